The summed E-state index contributed by atoms with van der Waals surface area (Å²) in [6, 6.07) is 18.9. The van der Waals surface area contributed by atoms with Crippen LogP contribution in [-0.2, 0) is 18.3 Å². The highest BCUT2D eigenvalue weighted by molar-refractivity contribution is 5.94. The van der Waals surface area contributed by atoms with E-state index < -0.39 is 0 Å². The molecule has 37 heavy (non-hydrogen) atoms. The van der Waals surface area contributed by atoms with Gasteiger partial charge in [0.15, 0.2) is 0 Å². The molecule has 3 aliphatic rings. The van der Waals surface area contributed by atoms with Gasteiger partial charge in [-0.2, -0.15) is 0 Å². The van der Waals surface area contributed by atoms with Crippen molar-refractivity contribution in [2.45, 2.75) is 57.4 Å². The van der Waals surface area contributed by atoms with E-state index in [1.165, 1.54) is 43.5 Å². The average Bonchev–Trinajstić information content (AvgIpc) is 3.73. The quantitative estimate of drug-likeness (QED) is 0.441. The number of hydrogen-bond donors (Lipinski definition) is 2. The maximum absolute atomic E-state index is 13.1. The predicted octanol–water partition coefficient (Wildman–Crippen LogP) is 5.24. The van der Waals surface area contributed by atoms with E-state index in [1.807, 2.05) is 42.6 Å². The van der Waals surface area contributed by atoms with Gasteiger partial charge in [-0.05, 0) is 103 Å². The number of pyridine rings is 1. The van der Waals surface area contributed by atoms with Crippen molar-refractivity contribution in [3.63, 3.8) is 0 Å². The highest BCUT2D eigenvalue weighted by Gasteiger charge is 2.49. The molecule has 1 saturated heterocycles. The summed E-state index contributed by atoms with van der Waals surface area (Å²) in [6.45, 7) is 7.92. The molecule has 3 atom stereocenters. The van der Waals surface area contributed by atoms with Gasteiger partial charge in [0.2, 0.25) is 0 Å². The van der Waals surface area contributed by atoms with Crippen LogP contribution in [0.15, 0.2) is 60.8 Å². The van der Waals surface area contributed by atoms with Crippen LogP contribution in [0.25, 0.3) is 11.3 Å². The van der Waals surface area contributed by atoms with Gasteiger partial charge in [0.05, 0.1) is 5.69 Å². The Labute approximate surface area is 220 Å². The van der Waals surface area contributed by atoms with E-state index in [0.29, 0.717) is 18.5 Å². The van der Waals surface area contributed by atoms with Crippen molar-refractivity contribution in [3.05, 3.63) is 83.0 Å². The van der Waals surface area contributed by atoms with Gasteiger partial charge in [-0.1, -0.05) is 38.1 Å². The average molecular weight is 495 g/mol. The summed E-state index contributed by atoms with van der Waals surface area (Å²) in [6.07, 6.45) is 7.75. The highest BCUT2D eigenvalue weighted by Crippen LogP contribution is 2.49. The van der Waals surface area contributed by atoms with Gasteiger partial charge in [0, 0.05) is 42.1 Å². The van der Waals surface area contributed by atoms with Gasteiger partial charge in [-0.25, -0.2) is 0 Å². The third kappa shape index (κ3) is 4.77. The largest absolute Gasteiger partial charge is 0.399 e. The Balaban J connectivity index is 1.09. The molecule has 2 aromatic carbocycles. The van der Waals surface area contributed by atoms with E-state index in [0.717, 1.165) is 46.8 Å². The van der Waals surface area contributed by atoms with E-state index in [9.17, 15) is 4.79 Å². The molecule has 1 amide bonds. The first-order valence-electron chi connectivity index (χ1n) is 13.9. The summed E-state index contributed by atoms with van der Waals surface area (Å²) in [5.41, 5.74) is 13.4. The standard InChI is InChI=1S/C32H38N4O/c1-21-30-18-25-6-7-26(17-28(25)32(21,2)14-16-36(30)20-23-3-4-23)31(37)34-15-13-22-5-12-29(35-19-22)24-8-10-27(33)11-9-24/h5-12,17,19,21,23,30H,3-4,13-16,18,20,33H2,1-2H3,(H,34,37)/t21-,30?,32-/m0/s1. The second kappa shape index (κ2) is 9.60. The number of amides is 1. The van der Waals surface area contributed by atoms with Crippen LogP contribution in [0.5, 0.6) is 0 Å². The fourth-order valence-corrected chi connectivity index (χ4v) is 6.53. The summed E-state index contributed by atoms with van der Waals surface area (Å²) in [5.74, 6) is 1.55. The molecule has 5 nitrogen and oxygen atoms in total. The zero-order valence-corrected chi connectivity index (χ0v) is 22.0. The second-order valence-electron chi connectivity index (χ2n) is 11.7. The molecule has 3 N–H and O–H groups in total. The predicted molar refractivity (Wildman–Crippen MR) is 149 cm³/mol. The topological polar surface area (TPSA) is 71.2 Å². The Bertz CT molecular complexity index is 1280. The van der Waals surface area contributed by atoms with E-state index in [4.69, 9.17) is 5.73 Å². The molecular weight excluding hydrogens is 456 g/mol. The monoisotopic (exact) mass is 494 g/mol. The molecular formula is C32H38N4O. The van der Waals surface area contributed by atoms with Crippen LogP contribution in [0.3, 0.4) is 0 Å². The van der Waals surface area contributed by atoms with E-state index >= 15 is 0 Å². The number of likely N-dealkylation sites (tertiary alicyclic amines) is 1. The minimum absolute atomic E-state index is 0.0128. The number of nitrogen functional groups attached to an aromatic ring is 1. The maximum Gasteiger partial charge on any atom is 0.251 e. The van der Waals surface area contributed by atoms with Gasteiger partial charge in [0.25, 0.3) is 5.91 Å². The van der Waals surface area contributed by atoms with Crippen LogP contribution in [0.4, 0.5) is 5.69 Å². The molecule has 2 heterocycles. The maximum atomic E-state index is 13.1. The minimum atomic E-state index is 0.0128. The number of anilines is 1. The summed E-state index contributed by atoms with van der Waals surface area (Å²) in [7, 11) is 0. The lowest BCUT2D eigenvalue weighted by atomic mass is 9.59. The van der Waals surface area contributed by atoms with E-state index in [2.05, 4.69) is 47.2 Å². The molecule has 1 saturated carbocycles. The Morgan fingerprint density at radius 1 is 1.14 bits per heavy atom. The lowest BCUT2D eigenvalue weighted by Crippen LogP contribution is -2.58. The Morgan fingerprint density at radius 2 is 1.95 bits per heavy atom. The molecule has 0 spiro atoms. The molecule has 192 valence electrons. The molecule has 3 aromatic rings. The highest BCUT2D eigenvalue weighted by atomic mass is 16.1. The van der Waals surface area contributed by atoms with Crippen molar-refractivity contribution in [2.24, 2.45) is 11.8 Å². The third-order valence-corrected chi connectivity index (χ3v) is 9.31. The Kier molecular flexibility index (Phi) is 6.28. The fraction of sp³-hybridized carbons (Fsp3) is 0.438. The number of nitrogens with one attached hydrogen (secondary N) is 1. The number of nitrogens with two attached hydrogens (primary N) is 1. The first kappa shape index (κ1) is 24.2. The number of nitrogens with zero attached hydrogens (tertiary/aromatic N) is 2. The van der Waals surface area contributed by atoms with Crippen molar-refractivity contribution in [1.29, 1.82) is 0 Å². The first-order chi connectivity index (χ1) is 17.9. The molecule has 2 aliphatic carbocycles. The van der Waals surface area contributed by atoms with Crippen LogP contribution >= 0.6 is 0 Å². The number of hydrogen-bond acceptors (Lipinski definition) is 4. The van der Waals surface area contributed by atoms with Gasteiger partial charge in [0.1, 0.15) is 0 Å². The zero-order chi connectivity index (χ0) is 25.6. The first-order valence-corrected chi connectivity index (χ1v) is 13.9. The van der Waals surface area contributed by atoms with Crippen molar-refractivity contribution in [1.82, 2.24) is 15.2 Å². The van der Waals surface area contributed by atoms with Crippen LogP contribution < -0.4 is 11.1 Å². The lowest BCUT2D eigenvalue weighted by molar-refractivity contribution is 0.0284. The van der Waals surface area contributed by atoms with Crippen LogP contribution in [-0.4, -0.2) is 41.5 Å². The number of fused-ring (bicyclic) bond motifs is 4. The van der Waals surface area contributed by atoms with Crippen LogP contribution in [0.1, 0.15) is 60.2 Å². The van der Waals surface area contributed by atoms with Gasteiger partial charge < -0.3 is 11.1 Å². The molecule has 2 fully saturated rings. The SMILES string of the molecule is C[C@H]1C2Cc3ccc(C(=O)NCCc4ccc(-c5ccc(N)cc5)nc4)cc3[C@@]1(C)CCN2CC1CC1. The normalized spacial score (nSPS) is 24.9. The van der Waals surface area contributed by atoms with Crippen molar-refractivity contribution in [3.8, 4) is 11.3 Å². The van der Waals surface area contributed by atoms with Crippen LogP contribution in [0, 0.1) is 11.8 Å². The summed E-state index contributed by atoms with van der Waals surface area (Å²) < 4.78 is 0. The van der Waals surface area contributed by atoms with Gasteiger partial charge >= 0.3 is 0 Å². The molecule has 1 aliphatic heterocycles. The molecule has 2 bridgehead atoms. The number of aromatic nitrogens is 1. The Morgan fingerprint density at radius 3 is 2.68 bits per heavy atom. The number of benzene rings is 2. The van der Waals surface area contributed by atoms with E-state index in [1.54, 1.807) is 0 Å². The summed E-state index contributed by atoms with van der Waals surface area (Å²) in [5, 5.41) is 3.13. The van der Waals surface area contributed by atoms with Gasteiger partial charge in [-0.15, -0.1) is 0 Å². The number of rotatable bonds is 7. The molecule has 6 rings (SSSR count). The van der Waals surface area contributed by atoms with Gasteiger partial charge in [-0.3, -0.25) is 14.7 Å². The van der Waals surface area contributed by atoms with E-state index in [-0.39, 0.29) is 11.3 Å². The Hall–Kier alpha value is -3.18. The number of carbonyl (C=O) groups is 1. The fourth-order valence-electron chi connectivity index (χ4n) is 6.53. The zero-order valence-electron chi connectivity index (χ0n) is 22.0. The summed E-state index contributed by atoms with van der Waals surface area (Å²) in [4.78, 5) is 20.4. The number of carbonyl (C=O) groups excluding carboxylic acids is 1. The van der Waals surface area contributed by atoms with Crippen LogP contribution in [0.2, 0.25) is 0 Å². The smallest absolute Gasteiger partial charge is 0.251 e. The number of piperidine rings is 1. The van der Waals surface area contributed by atoms with Crippen molar-refractivity contribution in [2.75, 3.05) is 25.4 Å². The molecule has 0 radical (unpaired) electrons. The minimum Gasteiger partial charge on any atom is -0.399 e. The summed E-state index contributed by atoms with van der Waals surface area (Å²) >= 11 is 0. The third-order valence-electron chi connectivity index (χ3n) is 9.31. The molecule has 1 unspecified atom stereocenters. The van der Waals surface area contributed by atoms with Crippen molar-refractivity contribution >= 4 is 11.6 Å². The molecule has 5 heteroatoms. The van der Waals surface area contributed by atoms with Crippen molar-refractivity contribution < 1.29 is 4.79 Å². The lowest BCUT2D eigenvalue weighted by Gasteiger charge is -2.55. The molecule has 1 aromatic heterocycles. The second-order valence-corrected chi connectivity index (χ2v) is 11.7.